The highest BCUT2D eigenvalue weighted by Gasteiger charge is 2.15. The molecule has 0 bridgehead atoms. The second-order valence-corrected chi connectivity index (χ2v) is 5.70. The van der Waals surface area contributed by atoms with E-state index in [1.54, 1.807) is 12.1 Å². The van der Waals surface area contributed by atoms with Crippen molar-refractivity contribution in [2.45, 2.75) is 6.54 Å². The second kappa shape index (κ2) is 6.87. The molecule has 0 saturated heterocycles. The summed E-state index contributed by atoms with van der Waals surface area (Å²) in [5.74, 6) is 0.808. The summed E-state index contributed by atoms with van der Waals surface area (Å²) in [6.07, 6.45) is 0. The largest absolute Gasteiger partial charge is 0.486 e. The number of fused-ring (bicyclic) bond motifs is 1. The van der Waals surface area contributed by atoms with Gasteiger partial charge in [0.25, 0.3) is 5.91 Å². The average Bonchev–Trinajstić information content (AvgIpc) is 3.15. The lowest BCUT2D eigenvalue weighted by Crippen LogP contribution is -2.23. The van der Waals surface area contributed by atoms with Crippen LogP contribution in [-0.2, 0) is 6.54 Å². The minimum atomic E-state index is -0.567. The van der Waals surface area contributed by atoms with Gasteiger partial charge in [-0.15, -0.1) is 0 Å². The number of carbonyl (C=O) groups excluding carboxylic acids is 1. The van der Waals surface area contributed by atoms with E-state index in [1.165, 1.54) is 18.2 Å². The highest BCUT2D eigenvalue weighted by molar-refractivity contribution is 5.94. The maximum atomic E-state index is 13.6. The quantitative estimate of drug-likeness (QED) is 0.779. The number of ether oxygens (including phenoxy) is 2. The minimum Gasteiger partial charge on any atom is -0.486 e. The van der Waals surface area contributed by atoms with Gasteiger partial charge in [-0.05, 0) is 30.3 Å². The first-order valence-electron chi connectivity index (χ1n) is 8.09. The zero-order chi connectivity index (χ0) is 17.9. The van der Waals surface area contributed by atoms with Crippen LogP contribution >= 0.6 is 0 Å². The molecule has 1 aliphatic heterocycles. The normalized spacial score (nSPS) is 12.7. The molecule has 0 spiro atoms. The highest BCUT2D eigenvalue weighted by atomic mass is 19.1. The van der Waals surface area contributed by atoms with Crippen molar-refractivity contribution >= 4 is 5.91 Å². The minimum absolute atomic E-state index is 0.0111. The molecular weight excluding hydrogens is 339 g/mol. The third-order valence-electron chi connectivity index (χ3n) is 3.93. The maximum Gasteiger partial charge on any atom is 0.254 e. The van der Waals surface area contributed by atoms with Crippen molar-refractivity contribution in [1.29, 1.82) is 0 Å². The summed E-state index contributed by atoms with van der Waals surface area (Å²) >= 11 is 0. The Morgan fingerprint density at radius 2 is 1.88 bits per heavy atom. The van der Waals surface area contributed by atoms with Crippen LogP contribution in [0.15, 0.2) is 53.1 Å². The lowest BCUT2D eigenvalue weighted by Gasteiger charge is -2.18. The Hall–Kier alpha value is -3.35. The Morgan fingerprint density at radius 1 is 1.08 bits per heavy atom. The zero-order valence-electron chi connectivity index (χ0n) is 13.7. The van der Waals surface area contributed by atoms with Crippen LogP contribution in [0, 0.1) is 5.82 Å². The third kappa shape index (κ3) is 3.23. The van der Waals surface area contributed by atoms with Gasteiger partial charge in [0, 0.05) is 11.6 Å². The number of aromatic nitrogens is 1. The lowest BCUT2D eigenvalue weighted by molar-refractivity contribution is 0.0946. The fourth-order valence-electron chi connectivity index (χ4n) is 2.64. The van der Waals surface area contributed by atoms with E-state index in [0.717, 1.165) is 5.56 Å². The van der Waals surface area contributed by atoms with Gasteiger partial charge in [-0.3, -0.25) is 4.79 Å². The molecule has 2 aromatic carbocycles. The van der Waals surface area contributed by atoms with Crippen LogP contribution in [0.1, 0.15) is 16.1 Å². The summed E-state index contributed by atoms with van der Waals surface area (Å²) in [7, 11) is 0. The standard InChI is InChI=1S/C19H15FN2O4/c20-15-4-2-1-3-14(15)19(23)21-11-13-10-17(26-22-13)12-5-6-16-18(9-12)25-8-7-24-16/h1-6,9-10H,7-8,11H2,(H,21,23). The number of carbonyl (C=O) groups is 1. The molecule has 3 aromatic rings. The number of benzene rings is 2. The van der Waals surface area contributed by atoms with Crippen LogP contribution in [0.2, 0.25) is 0 Å². The van der Waals surface area contributed by atoms with Gasteiger partial charge >= 0.3 is 0 Å². The van der Waals surface area contributed by atoms with Crippen molar-refractivity contribution in [2.75, 3.05) is 13.2 Å². The van der Waals surface area contributed by atoms with Gasteiger partial charge < -0.3 is 19.3 Å². The first kappa shape index (κ1) is 16.1. The fourth-order valence-corrected chi connectivity index (χ4v) is 2.64. The molecule has 0 fully saturated rings. The number of hydrogen-bond donors (Lipinski definition) is 1. The van der Waals surface area contributed by atoms with Crippen LogP contribution in [0.25, 0.3) is 11.3 Å². The van der Waals surface area contributed by atoms with Crippen LogP contribution in [0.4, 0.5) is 4.39 Å². The van der Waals surface area contributed by atoms with Gasteiger partial charge in [0.1, 0.15) is 24.7 Å². The summed E-state index contributed by atoms with van der Waals surface area (Å²) in [6, 6.07) is 13.0. The Balaban J connectivity index is 1.45. The van der Waals surface area contributed by atoms with Crippen LogP contribution in [0.5, 0.6) is 11.5 Å². The molecule has 132 valence electrons. The molecule has 1 aliphatic rings. The van der Waals surface area contributed by atoms with Gasteiger partial charge in [0.05, 0.1) is 12.1 Å². The SMILES string of the molecule is O=C(NCc1cc(-c2ccc3c(c2)OCCO3)on1)c1ccccc1F. The third-order valence-corrected chi connectivity index (χ3v) is 3.93. The molecule has 1 aromatic heterocycles. The highest BCUT2D eigenvalue weighted by Crippen LogP contribution is 2.34. The number of nitrogens with zero attached hydrogens (tertiary/aromatic N) is 1. The van der Waals surface area contributed by atoms with Crippen molar-refractivity contribution in [1.82, 2.24) is 10.5 Å². The van der Waals surface area contributed by atoms with Crippen molar-refractivity contribution in [3.8, 4) is 22.8 Å². The molecular formula is C19H15FN2O4. The van der Waals surface area contributed by atoms with E-state index < -0.39 is 11.7 Å². The van der Waals surface area contributed by atoms with Crippen molar-refractivity contribution in [2.24, 2.45) is 0 Å². The summed E-state index contributed by atoms with van der Waals surface area (Å²) in [6.45, 7) is 1.15. The van der Waals surface area contributed by atoms with E-state index in [1.807, 2.05) is 18.2 Å². The molecule has 0 unspecified atom stereocenters. The topological polar surface area (TPSA) is 73.6 Å². The van der Waals surface area contributed by atoms with Gasteiger partial charge in [0.2, 0.25) is 0 Å². The lowest BCUT2D eigenvalue weighted by atomic mass is 10.1. The van der Waals surface area contributed by atoms with E-state index in [-0.39, 0.29) is 12.1 Å². The smallest absolute Gasteiger partial charge is 0.254 e. The monoisotopic (exact) mass is 354 g/mol. The van der Waals surface area contributed by atoms with E-state index in [9.17, 15) is 9.18 Å². The Bertz CT molecular complexity index is 954. The molecule has 6 nitrogen and oxygen atoms in total. The Kier molecular flexibility index (Phi) is 4.27. The molecule has 0 aliphatic carbocycles. The summed E-state index contributed by atoms with van der Waals surface area (Å²) in [5.41, 5.74) is 1.30. The van der Waals surface area contributed by atoms with Gasteiger partial charge in [-0.1, -0.05) is 17.3 Å². The molecule has 0 atom stereocenters. The van der Waals surface area contributed by atoms with Crippen LogP contribution < -0.4 is 14.8 Å². The predicted octanol–water partition coefficient (Wildman–Crippen LogP) is 3.18. The van der Waals surface area contributed by atoms with Crippen LogP contribution in [-0.4, -0.2) is 24.3 Å². The van der Waals surface area contributed by atoms with Gasteiger partial charge in [-0.25, -0.2) is 4.39 Å². The first-order valence-corrected chi connectivity index (χ1v) is 8.09. The first-order chi connectivity index (χ1) is 12.7. The number of rotatable bonds is 4. The number of hydrogen-bond acceptors (Lipinski definition) is 5. The molecule has 7 heteroatoms. The fraction of sp³-hybridized carbons (Fsp3) is 0.158. The molecule has 0 radical (unpaired) electrons. The molecule has 4 rings (SSSR count). The van der Waals surface area contributed by atoms with Crippen molar-refractivity contribution in [3.63, 3.8) is 0 Å². The van der Waals surface area contributed by atoms with Crippen molar-refractivity contribution in [3.05, 3.63) is 65.6 Å². The van der Waals surface area contributed by atoms with Crippen LogP contribution in [0.3, 0.4) is 0 Å². The summed E-state index contributed by atoms with van der Waals surface area (Å²) < 4.78 is 30.0. The molecule has 1 N–H and O–H groups in total. The van der Waals surface area contributed by atoms with Gasteiger partial charge in [-0.2, -0.15) is 0 Å². The Morgan fingerprint density at radius 3 is 2.73 bits per heavy atom. The molecule has 0 saturated carbocycles. The van der Waals surface area contributed by atoms with E-state index >= 15 is 0 Å². The number of amides is 1. The van der Waals surface area contributed by atoms with E-state index in [0.29, 0.717) is 36.2 Å². The van der Waals surface area contributed by atoms with E-state index in [4.69, 9.17) is 14.0 Å². The van der Waals surface area contributed by atoms with E-state index in [2.05, 4.69) is 10.5 Å². The summed E-state index contributed by atoms with van der Waals surface area (Å²) in [5, 5.41) is 6.56. The average molecular weight is 354 g/mol. The maximum absolute atomic E-state index is 13.6. The van der Waals surface area contributed by atoms with Crippen molar-refractivity contribution < 1.29 is 23.2 Å². The Labute approximate surface area is 148 Å². The van der Waals surface area contributed by atoms with Gasteiger partial charge in [0.15, 0.2) is 17.3 Å². The molecule has 26 heavy (non-hydrogen) atoms. The molecule has 1 amide bonds. The zero-order valence-corrected chi connectivity index (χ0v) is 13.7. The summed E-state index contributed by atoms with van der Waals surface area (Å²) in [4.78, 5) is 12.0. The predicted molar refractivity (Wildman–Crippen MR) is 90.5 cm³/mol. The number of nitrogens with one attached hydrogen (secondary N) is 1. The second-order valence-electron chi connectivity index (χ2n) is 5.70. The number of halogens is 1. The molecule has 2 heterocycles.